The summed E-state index contributed by atoms with van der Waals surface area (Å²) in [5.41, 5.74) is -0.155. The van der Waals surface area contributed by atoms with Crippen LogP contribution in [0.2, 0.25) is 0 Å². The molecule has 22 heavy (non-hydrogen) atoms. The van der Waals surface area contributed by atoms with Crippen molar-refractivity contribution in [2.75, 3.05) is 18.5 Å². The highest BCUT2D eigenvalue weighted by atomic mass is 16.5. The van der Waals surface area contributed by atoms with Crippen LogP contribution in [0.15, 0.2) is 18.3 Å². The van der Waals surface area contributed by atoms with Gasteiger partial charge in [-0.2, -0.15) is 0 Å². The van der Waals surface area contributed by atoms with Crippen molar-refractivity contribution in [3.05, 3.63) is 18.3 Å². The van der Waals surface area contributed by atoms with E-state index in [0.717, 1.165) is 19.3 Å². The summed E-state index contributed by atoms with van der Waals surface area (Å²) >= 11 is 0. The first-order valence-electron chi connectivity index (χ1n) is 8.10. The fourth-order valence-corrected chi connectivity index (χ4v) is 2.23. The number of amides is 1. The highest BCUT2D eigenvalue weighted by Crippen LogP contribution is 2.22. The van der Waals surface area contributed by atoms with E-state index in [1.807, 2.05) is 20.8 Å². The Bertz CT molecular complexity index is 448. The topological polar surface area (TPSA) is 60.5 Å². The fourth-order valence-electron chi connectivity index (χ4n) is 2.23. The van der Waals surface area contributed by atoms with Crippen LogP contribution >= 0.6 is 0 Å². The van der Waals surface area contributed by atoms with Crippen LogP contribution in [0.25, 0.3) is 0 Å². The van der Waals surface area contributed by atoms with E-state index >= 15 is 0 Å². The second-order valence-electron chi connectivity index (χ2n) is 5.39. The van der Waals surface area contributed by atoms with Gasteiger partial charge in [0, 0.05) is 12.7 Å². The molecule has 1 heterocycles. The van der Waals surface area contributed by atoms with Crippen LogP contribution in [0, 0.1) is 0 Å². The number of anilines is 1. The summed E-state index contributed by atoms with van der Waals surface area (Å²) in [6.45, 7) is 8.88. The van der Waals surface area contributed by atoms with Crippen molar-refractivity contribution < 1.29 is 14.3 Å². The summed E-state index contributed by atoms with van der Waals surface area (Å²) in [5, 5.41) is 2.88. The molecule has 1 aromatic rings. The molecule has 1 N–H and O–H groups in total. The zero-order valence-electron chi connectivity index (χ0n) is 14.1. The van der Waals surface area contributed by atoms with E-state index in [-0.39, 0.29) is 5.91 Å². The number of hydrogen-bond acceptors (Lipinski definition) is 4. The molecule has 1 atom stereocenters. The van der Waals surface area contributed by atoms with Crippen molar-refractivity contribution in [1.29, 1.82) is 0 Å². The molecule has 0 aliphatic heterocycles. The lowest BCUT2D eigenvalue weighted by atomic mass is 9.96. The van der Waals surface area contributed by atoms with Crippen molar-refractivity contribution in [1.82, 2.24) is 4.98 Å². The van der Waals surface area contributed by atoms with Gasteiger partial charge in [0.2, 0.25) is 5.88 Å². The van der Waals surface area contributed by atoms with E-state index in [1.165, 1.54) is 0 Å². The SMILES string of the molecule is CCCCC[C@@](C)(OCC)C(=O)Nc1ccc(OCC)nc1. The number of nitrogens with one attached hydrogen (secondary N) is 1. The van der Waals surface area contributed by atoms with Crippen LogP contribution in [-0.4, -0.2) is 29.7 Å². The molecule has 0 saturated heterocycles. The lowest BCUT2D eigenvalue weighted by molar-refractivity contribution is -0.139. The number of carbonyl (C=O) groups is 1. The monoisotopic (exact) mass is 308 g/mol. The first kappa shape index (κ1) is 18.4. The quantitative estimate of drug-likeness (QED) is 0.668. The van der Waals surface area contributed by atoms with Gasteiger partial charge in [0.15, 0.2) is 0 Å². The Morgan fingerprint density at radius 1 is 1.23 bits per heavy atom. The average Bonchev–Trinajstić information content (AvgIpc) is 2.50. The lowest BCUT2D eigenvalue weighted by Crippen LogP contribution is -2.42. The summed E-state index contributed by atoms with van der Waals surface area (Å²) < 4.78 is 11.0. The van der Waals surface area contributed by atoms with Gasteiger partial charge in [0.25, 0.3) is 5.91 Å². The van der Waals surface area contributed by atoms with Gasteiger partial charge >= 0.3 is 0 Å². The van der Waals surface area contributed by atoms with E-state index < -0.39 is 5.60 Å². The zero-order valence-corrected chi connectivity index (χ0v) is 14.1. The molecule has 0 aliphatic rings. The third-order valence-electron chi connectivity index (χ3n) is 3.49. The number of pyridine rings is 1. The molecule has 0 radical (unpaired) electrons. The van der Waals surface area contributed by atoms with Crippen molar-refractivity contribution in [2.24, 2.45) is 0 Å². The molecule has 1 rings (SSSR count). The molecule has 0 fully saturated rings. The van der Waals surface area contributed by atoms with Gasteiger partial charge in [-0.05, 0) is 33.3 Å². The third-order valence-corrected chi connectivity index (χ3v) is 3.49. The second-order valence-corrected chi connectivity index (χ2v) is 5.39. The van der Waals surface area contributed by atoms with Gasteiger partial charge in [-0.25, -0.2) is 4.98 Å². The third kappa shape index (κ3) is 5.64. The van der Waals surface area contributed by atoms with Gasteiger partial charge < -0.3 is 14.8 Å². The normalized spacial score (nSPS) is 13.5. The van der Waals surface area contributed by atoms with Crippen LogP contribution in [0.1, 0.15) is 53.4 Å². The minimum atomic E-state index is -0.803. The number of unbranched alkanes of at least 4 members (excludes halogenated alkanes) is 2. The summed E-state index contributed by atoms with van der Waals surface area (Å²) in [6.07, 6.45) is 5.50. The maximum Gasteiger partial charge on any atom is 0.256 e. The molecule has 0 unspecified atom stereocenters. The molecule has 1 aromatic heterocycles. The Labute approximate surface area is 133 Å². The van der Waals surface area contributed by atoms with Crippen LogP contribution in [-0.2, 0) is 9.53 Å². The van der Waals surface area contributed by atoms with Gasteiger partial charge in [0.1, 0.15) is 5.60 Å². The smallest absolute Gasteiger partial charge is 0.256 e. The number of aromatic nitrogens is 1. The Hall–Kier alpha value is -1.62. The molecule has 0 bridgehead atoms. The second kappa shape index (κ2) is 9.41. The number of nitrogens with zero attached hydrogens (tertiary/aromatic N) is 1. The highest BCUT2D eigenvalue weighted by Gasteiger charge is 2.33. The van der Waals surface area contributed by atoms with Gasteiger partial charge in [-0.1, -0.05) is 26.2 Å². The molecule has 5 nitrogen and oxygen atoms in total. The molecule has 0 aromatic carbocycles. The standard InChI is InChI=1S/C17H28N2O3/c1-5-8-9-12-17(4,22-7-3)16(20)19-14-10-11-15(18-13-14)21-6-2/h10-11,13H,5-9,12H2,1-4H3,(H,19,20)/t17-/m1/s1. The van der Waals surface area contributed by atoms with E-state index in [4.69, 9.17) is 9.47 Å². The van der Waals surface area contributed by atoms with Crippen LogP contribution in [0.4, 0.5) is 5.69 Å². The maximum atomic E-state index is 12.5. The highest BCUT2D eigenvalue weighted by molar-refractivity contribution is 5.96. The Balaban J connectivity index is 2.68. The summed E-state index contributed by atoms with van der Waals surface area (Å²) in [5.74, 6) is 0.424. The first-order valence-corrected chi connectivity index (χ1v) is 8.10. The summed E-state index contributed by atoms with van der Waals surface area (Å²) in [7, 11) is 0. The van der Waals surface area contributed by atoms with Crippen molar-refractivity contribution in [2.45, 2.75) is 59.0 Å². The first-order chi connectivity index (χ1) is 10.6. The van der Waals surface area contributed by atoms with Crippen molar-refractivity contribution in [3.63, 3.8) is 0 Å². The Morgan fingerprint density at radius 3 is 2.55 bits per heavy atom. The van der Waals surface area contributed by atoms with Crippen LogP contribution in [0.3, 0.4) is 0 Å². The minimum Gasteiger partial charge on any atom is -0.478 e. The molecular weight excluding hydrogens is 280 g/mol. The molecule has 5 heteroatoms. The zero-order chi connectivity index (χ0) is 16.4. The largest absolute Gasteiger partial charge is 0.478 e. The van der Waals surface area contributed by atoms with Gasteiger partial charge in [-0.3, -0.25) is 4.79 Å². The lowest BCUT2D eigenvalue weighted by Gasteiger charge is -2.28. The van der Waals surface area contributed by atoms with E-state index in [2.05, 4.69) is 17.2 Å². The van der Waals surface area contributed by atoms with Crippen molar-refractivity contribution in [3.8, 4) is 5.88 Å². The predicted octanol–water partition coefficient (Wildman–Crippen LogP) is 3.79. The van der Waals surface area contributed by atoms with Gasteiger partial charge in [-0.15, -0.1) is 0 Å². The maximum absolute atomic E-state index is 12.5. The average molecular weight is 308 g/mol. The Kier molecular flexibility index (Phi) is 7.88. The summed E-state index contributed by atoms with van der Waals surface area (Å²) in [6, 6.07) is 3.53. The minimum absolute atomic E-state index is 0.128. The van der Waals surface area contributed by atoms with Crippen LogP contribution < -0.4 is 10.1 Å². The van der Waals surface area contributed by atoms with E-state index in [9.17, 15) is 4.79 Å². The van der Waals surface area contributed by atoms with Crippen LogP contribution in [0.5, 0.6) is 5.88 Å². The molecule has 0 aliphatic carbocycles. The van der Waals surface area contributed by atoms with Crippen molar-refractivity contribution >= 4 is 11.6 Å². The van der Waals surface area contributed by atoms with E-state index in [0.29, 0.717) is 31.2 Å². The predicted molar refractivity (Wildman–Crippen MR) is 88.2 cm³/mol. The van der Waals surface area contributed by atoms with E-state index in [1.54, 1.807) is 18.3 Å². The molecule has 0 spiro atoms. The van der Waals surface area contributed by atoms with Gasteiger partial charge in [0.05, 0.1) is 18.5 Å². The molecule has 0 saturated carbocycles. The molecule has 1 amide bonds. The number of rotatable bonds is 10. The summed E-state index contributed by atoms with van der Waals surface area (Å²) in [4.78, 5) is 16.7. The fraction of sp³-hybridized carbons (Fsp3) is 0.647. The number of ether oxygens (including phenoxy) is 2. The molecular formula is C17H28N2O3. The molecule has 124 valence electrons. The number of hydrogen-bond donors (Lipinski definition) is 1. The number of carbonyl (C=O) groups excluding carboxylic acids is 1. The Morgan fingerprint density at radius 2 is 2.00 bits per heavy atom.